The predicted octanol–water partition coefficient (Wildman–Crippen LogP) is 5.33. The number of benzene rings is 2. The number of carbonyl (C=O) groups is 1. The lowest BCUT2D eigenvalue weighted by molar-refractivity contribution is 0.138. The van der Waals surface area contributed by atoms with Crippen molar-refractivity contribution in [3.63, 3.8) is 0 Å². The number of rotatable bonds is 3. The van der Waals surface area contributed by atoms with E-state index < -0.39 is 6.09 Å². The predicted molar refractivity (Wildman–Crippen MR) is 120 cm³/mol. The summed E-state index contributed by atoms with van der Waals surface area (Å²) in [4.78, 5) is 13.1. The van der Waals surface area contributed by atoms with E-state index in [-0.39, 0.29) is 25.1 Å². The number of aryl methyl sites for hydroxylation is 1. The zero-order valence-electron chi connectivity index (χ0n) is 17.9. The lowest BCUT2D eigenvalue weighted by Gasteiger charge is -2.29. The summed E-state index contributed by atoms with van der Waals surface area (Å²) < 4.78 is 8.31. The minimum Gasteiger partial charge on any atom is -0.490 e. The first kappa shape index (κ1) is 20.8. The fourth-order valence-corrected chi connectivity index (χ4v) is 4.93. The molecule has 8 heteroatoms. The number of halogens is 1. The summed E-state index contributed by atoms with van der Waals surface area (Å²) in [7, 11) is 0. The van der Waals surface area contributed by atoms with Crippen LogP contribution in [0.3, 0.4) is 0 Å². The lowest BCUT2D eigenvalue weighted by Crippen LogP contribution is -2.28. The number of amides is 1. The molecule has 1 saturated carbocycles. The molecule has 5 rings (SSSR count). The minimum atomic E-state index is -0.984. The molecule has 2 aromatic carbocycles. The smallest absolute Gasteiger partial charge is 0.408 e. The highest BCUT2D eigenvalue weighted by Gasteiger charge is 2.32. The third-order valence-electron chi connectivity index (χ3n) is 6.43. The molecule has 2 aliphatic rings. The van der Waals surface area contributed by atoms with Gasteiger partial charge in [0.05, 0.1) is 24.9 Å². The van der Waals surface area contributed by atoms with Crippen molar-refractivity contribution in [2.24, 2.45) is 0 Å². The molecule has 0 unspecified atom stereocenters. The van der Waals surface area contributed by atoms with E-state index in [1.165, 1.54) is 4.90 Å². The second-order valence-corrected chi connectivity index (χ2v) is 9.01. The molecule has 1 N–H and O–H groups in total. The van der Waals surface area contributed by atoms with Crippen LogP contribution in [0.4, 0.5) is 4.79 Å². The number of fused-ring (bicyclic) bond motifs is 3. The van der Waals surface area contributed by atoms with E-state index in [4.69, 9.17) is 16.3 Å². The minimum absolute atomic E-state index is 0.187. The lowest BCUT2D eigenvalue weighted by atomic mass is 9.86. The monoisotopic (exact) mass is 452 g/mol. The van der Waals surface area contributed by atoms with Crippen LogP contribution in [-0.4, -0.2) is 37.0 Å². The van der Waals surface area contributed by atoms with Gasteiger partial charge in [-0.05, 0) is 68.0 Å². The van der Waals surface area contributed by atoms with Crippen molar-refractivity contribution >= 4 is 17.7 Å². The average Bonchev–Trinajstić information content (AvgIpc) is 3.11. The molecule has 0 spiro atoms. The third kappa shape index (κ3) is 3.93. The summed E-state index contributed by atoms with van der Waals surface area (Å²) in [6, 6.07) is 13.7. The van der Waals surface area contributed by atoms with Gasteiger partial charge in [-0.1, -0.05) is 29.8 Å². The van der Waals surface area contributed by atoms with Crippen molar-refractivity contribution in [2.75, 3.05) is 0 Å². The van der Waals surface area contributed by atoms with E-state index in [0.29, 0.717) is 10.8 Å². The second kappa shape index (κ2) is 8.47. The van der Waals surface area contributed by atoms with Crippen LogP contribution >= 0.6 is 11.6 Å². The Bertz CT molecular complexity index is 1150. The van der Waals surface area contributed by atoms with Gasteiger partial charge in [-0.3, -0.25) is 9.47 Å². The maximum atomic E-state index is 11.8. The zero-order chi connectivity index (χ0) is 22.2. The van der Waals surface area contributed by atoms with Gasteiger partial charge in [-0.2, -0.15) is 0 Å². The van der Waals surface area contributed by atoms with Gasteiger partial charge in [0.25, 0.3) is 0 Å². The fraction of sp³-hybridized carbons (Fsp3) is 0.375. The van der Waals surface area contributed by atoms with Gasteiger partial charge in [-0.15, -0.1) is 10.2 Å². The fourth-order valence-electron chi connectivity index (χ4n) is 4.73. The third-order valence-corrected chi connectivity index (χ3v) is 6.66. The highest BCUT2D eigenvalue weighted by molar-refractivity contribution is 6.30. The van der Waals surface area contributed by atoms with Crippen LogP contribution in [0.15, 0.2) is 42.5 Å². The van der Waals surface area contributed by atoms with E-state index in [0.717, 1.165) is 54.1 Å². The Balaban J connectivity index is 1.40. The summed E-state index contributed by atoms with van der Waals surface area (Å²) >= 11 is 6.22. The van der Waals surface area contributed by atoms with Gasteiger partial charge in [0.1, 0.15) is 11.6 Å². The Labute approximate surface area is 191 Å². The van der Waals surface area contributed by atoms with Crippen LogP contribution in [-0.2, 0) is 13.1 Å². The van der Waals surface area contributed by atoms with Crippen LogP contribution in [0.2, 0.25) is 5.02 Å². The Morgan fingerprint density at radius 2 is 1.88 bits per heavy atom. The van der Waals surface area contributed by atoms with Crippen LogP contribution in [0.5, 0.6) is 5.75 Å². The van der Waals surface area contributed by atoms with Crippen molar-refractivity contribution in [3.8, 4) is 11.4 Å². The number of para-hydroxylation sites is 1. The molecule has 2 heterocycles. The van der Waals surface area contributed by atoms with Gasteiger partial charge in [0.15, 0.2) is 5.82 Å². The first-order valence-corrected chi connectivity index (χ1v) is 11.3. The molecule has 32 heavy (non-hydrogen) atoms. The first-order chi connectivity index (χ1) is 15.5. The number of ether oxygens (including phenoxy) is 1. The standard InChI is InChI=1S/C24H25ClN4O3/c1-15-4-2-3-5-21(15)32-19-9-6-16(7-10-19)23-27-26-22-14-28(24(30)31)13-17-12-18(25)8-11-20(17)29(22)23/h2-5,8,11-12,16,19H,6-7,9-10,13-14H2,1H3,(H,30,31). The van der Waals surface area contributed by atoms with E-state index in [1.54, 1.807) is 0 Å². The van der Waals surface area contributed by atoms with Crippen LogP contribution in [0.1, 0.15) is 54.4 Å². The van der Waals surface area contributed by atoms with E-state index in [1.807, 2.05) is 41.0 Å². The van der Waals surface area contributed by atoms with Gasteiger partial charge in [0.2, 0.25) is 0 Å². The Morgan fingerprint density at radius 1 is 1.09 bits per heavy atom. The molecule has 0 atom stereocenters. The van der Waals surface area contributed by atoms with Gasteiger partial charge >= 0.3 is 6.09 Å². The van der Waals surface area contributed by atoms with Crippen LogP contribution in [0, 0.1) is 6.92 Å². The molecule has 1 fully saturated rings. The summed E-state index contributed by atoms with van der Waals surface area (Å²) in [5, 5.41) is 19.1. The van der Waals surface area contributed by atoms with Crippen LogP contribution < -0.4 is 4.74 Å². The number of hydrogen-bond donors (Lipinski definition) is 1. The SMILES string of the molecule is Cc1ccccc1OC1CCC(c2nnc3n2-c2ccc(Cl)cc2CN(C(=O)O)C3)CC1. The second-order valence-electron chi connectivity index (χ2n) is 8.58. The molecule has 1 aliphatic heterocycles. The number of nitrogens with zero attached hydrogens (tertiary/aromatic N) is 4. The molecular weight excluding hydrogens is 428 g/mol. The highest BCUT2D eigenvalue weighted by Crippen LogP contribution is 2.37. The molecule has 1 aliphatic carbocycles. The van der Waals surface area contributed by atoms with Crippen molar-refractivity contribution in [1.82, 2.24) is 19.7 Å². The molecule has 1 amide bonds. The number of hydrogen-bond acceptors (Lipinski definition) is 4. The Morgan fingerprint density at radius 3 is 2.62 bits per heavy atom. The summed E-state index contributed by atoms with van der Waals surface area (Å²) in [6.07, 6.45) is 2.97. The van der Waals surface area contributed by atoms with Crippen molar-refractivity contribution in [1.29, 1.82) is 0 Å². The molecule has 0 saturated heterocycles. The van der Waals surface area contributed by atoms with Crippen molar-refractivity contribution in [2.45, 2.75) is 57.7 Å². The highest BCUT2D eigenvalue weighted by atomic mass is 35.5. The molecule has 0 radical (unpaired) electrons. The molecule has 0 bridgehead atoms. The first-order valence-electron chi connectivity index (χ1n) is 10.9. The largest absolute Gasteiger partial charge is 0.490 e. The quantitative estimate of drug-likeness (QED) is 0.581. The van der Waals surface area contributed by atoms with E-state index >= 15 is 0 Å². The van der Waals surface area contributed by atoms with Gasteiger partial charge in [0, 0.05) is 10.9 Å². The normalized spacial score (nSPS) is 20.2. The van der Waals surface area contributed by atoms with Gasteiger partial charge in [-0.25, -0.2) is 4.79 Å². The Kier molecular flexibility index (Phi) is 5.51. The van der Waals surface area contributed by atoms with Crippen molar-refractivity contribution in [3.05, 3.63) is 70.3 Å². The zero-order valence-corrected chi connectivity index (χ0v) is 18.6. The topological polar surface area (TPSA) is 80.5 Å². The van der Waals surface area contributed by atoms with E-state index in [2.05, 4.69) is 23.2 Å². The molecule has 166 valence electrons. The molecule has 1 aromatic heterocycles. The maximum Gasteiger partial charge on any atom is 0.408 e. The summed E-state index contributed by atoms with van der Waals surface area (Å²) in [5.74, 6) is 2.73. The summed E-state index contributed by atoms with van der Waals surface area (Å²) in [5.41, 5.74) is 2.92. The molecular formula is C24H25ClN4O3. The van der Waals surface area contributed by atoms with Crippen LogP contribution in [0.25, 0.3) is 5.69 Å². The molecule has 7 nitrogen and oxygen atoms in total. The molecule has 3 aromatic rings. The number of aromatic nitrogens is 3. The summed E-state index contributed by atoms with van der Waals surface area (Å²) in [6.45, 7) is 2.53. The van der Waals surface area contributed by atoms with E-state index in [9.17, 15) is 9.90 Å². The van der Waals surface area contributed by atoms with Gasteiger partial charge < -0.3 is 9.84 Å². The Hall–Kier alpha value is -3.06. The average molecular weight is 453 g/mol. The maximum absolute atomic E-state index is 11.8. The van der Waals surface area contributed by atoms with Crippen molar-refractivity contribution < 1.29 is 14.6 Å². The number of carboxylic acid groups (broad SMARTS) is 1.